The third-order valence-electron chi connectivity index (χ3n) is 2.63. The molecule has 0 saturated carbocycles. The summed E-state index contributed by atoms with van der Waals surface area (Å²) < 4.78 is 6.80. The average Bonchev–Trinajstić information content (AvgIpc) is 2.84. The van der Waals surface area contributed by atoms with Crippen LogP contribution in [0.2, 0.25) is 0 Å². The highest BCUT2D eigenvalue weighted by Crippen LogP contribution is 2.30. The van der Waals surface area contributed by atoms with Gasteiger partial charge in [0.15, 0.2) is 6.23 Å². The molecule has 0 radical (unpaired) electrons. The molecule has 1 aliphatic rings. The van der Waals surface area contributed by atoms with Crippen molar-refractivity contribution in [2.45, 2.75) is 24.5 Å². The minimum absolute atomic E-state index is 0.0557. The number of nitrogens with two attached hydrogens (primary N) is 1. The second-order valence-corrected chi connectivity index (χ2v) is 3.69. The van der Waals surface area contributed by atoms with Crippen LogP contribution in [0.5, 0.6) is 0 Å². The van der Waals surface area contributed by atoms with Crippen molar-refractivity contribution in [2.75, 3.05) is 12.3 Å². The van der Waals surface area contributed by atoms with Gasteiger partial charge in [0.2, 0.25) is 0 Å². The lowest BCUT2D eigenvalue weighted by Gasteiger charge is -2.17. The summed E-state index contributed by atoms with van der Waals surface area (Å²) in [6.07, 6.45) is -1.06. The Hall–Kier alpha value is -1.80. The molecule has 4 N–H and O–H groups in total. The van der Waals surface area contributed by atoms with Gasteiger partial charge in [-0.15, -0.1) is 0 Å². The van der Waals surface area contributed by atoms with Crippen molar-refractivity contribution < 1.29 is 14.9 Å². The largest absolute Gasteiger partial charge is 0.388 e. The molecule has 0 aliphatic carbocycles. The molecule has 0 spiro atoms. The summed E-state index contributed by atoms with van der Waals surface area (Å²) >= 11 is 0. The number of anilines is 1. The van der Waals surface area contributed by atoms with Crippen LogP contribution in [0.25, 0.3) is 10.4 Å². The Morgan fingerprint density at radius 1 is 1.59 bits per heavy atom. The fraction of sp³-hybridized carbons (Fsp3) is 0.625. The molecule has 2 heterocycles. The maximum absolute atomic E-state index is 9.81. The third-order valence-corrected chi connectivity index (χ3v) is 2.63. The Balaban J connectivity index is 2.16. The molecule has 9 heteroatoms. The molecule has 0 aromatic carbocycles. The zero-order valence-corrected chi connectivity index (χ0v) is 8.79. The van der Waals surface area contributed by atoms with E-state index in [1.54, 1.807) is 0 Å². The Morgan fingerprint density at radius 3 is 2.94 bits per heavy atom. The lowest BCUT2D eigenvalue weighted by Crippen LogP contribution is -2.32. The zero-order chi connectivity index (χ0) is 12.4. The summed E-state index contributed by atoms with van der Waals surface area (Å²) in [5, 5.41) is 22.8. The SMILES string of the molecule is [N-]=[N+]=NC[C@H]1O[C@@H](n2cncc2N)[C@H](O)[C@@H]1O. The lowest BCUT2D eigenvalue weighted by molar-refractivity contribution is -0.0330. The number of hydrogen-bond donors (Lipinski definition) is 3. The van der Waals surface area contributed by atoms with Crippen molar-refractivity contribution >= 4 is 5.82 Å². The van der Waals surface area contributed by atoms with E-state index in [0.29, 0.717) is 5.82 Å². The van der Waals surface area contributed by atoms with Crippen molar-refractivity contribution in [1.29, 1.82) is 0 Å². The molecule has 1 aromatic heterocycles. The van der Waals surface area contributed by atoms with Crippen molar-refractivity contribution in [3.05, 3.63) is 23.0 Å². The molecule has 9 nitrogen and oxygen atoms in total. The minimum atomic E-state index is -1.15. The first kappa shape index (κ1) is 11.7. The molecule has 0 unspecified atom stereocenters. The van der Waals surface area contributed by atoms with Crippen molar-refractivity contribution in [2.24, 2.45) is 5.11 Å². The van der Waals surface area contributed by atoms with Gasteiger partial charge in [-0.2, -0.15) is 0 Å². The maximum atomic E-state index is 9.81. The Bertz CT molecular complexity index is 442. The Morgan fingerprint density at radius 2 is 2.35 bits per heavy atom. The van der Waals surface area contributed by atoms with Gasteiger partial charge in [-0.1, -0.05) is 5.11 Å². The second-order valence-electron chi connectivity index (χ2n) is 3.69. The Kier molecular flexibility index (Phi) is 3.16. The fourth-order valence-electron chi connectivity index (χ4n) is 1.75. The van der Waals surface area contributed by atoms with Crippen molar-refractivity contribution in [3.8, 4) is 0 Å². The number of imidazole rings is 1. The lowest BCUT2D eigenvalue weighted by atomic mass is 10.1. The minimum Gasteiger partial charge on any atom is -0.388 e. The third kappa shape index (κ3) is 2.04. The van der Waals surface area contributed by atoms with Gasteiger partial charge in [-0.3, -0.25) is 4.57 Å². The van der Waals surface area contributed by atoms with Gasteiger partial charge >= 0.3 is 0 Å². The monoisotopic (exact) mass is 240 g/mol. The standard InChI is InChI=1S/C8H12N6O3/c9-5-2-11-3-14(5)8-7(16)6(15)4(17-8)1-12-13-10/h2-4,6-8,15-16H,1,9H2/t4-,6-,7-,8-/m1/s1. The molecular formula is C8H12N6O3. The fourth-order valence-corrected chi connectivity index (χ4v) is 1.75. The number of nitrogen functional groups attached to an aromatic ring is 1. The van der Waals surface area contributed by atoms with Crippen LogP contribution < -0.4 is 5.73 Å². The van der Waals surface area contributed by atoms with E-state index in [2.05, 4.69) is 15.0 Å². The topological polar surface area (TPSA) is 142 Å². The van der Waals surface area contributed by atoms with Gasteiger partial charge in [-0.05, 0) is 5.53 Å². The normalized spacial score (nSPS) is 32.4. The number of aliphatic hydroxyl groups excluding tert-OH is 2. The van der Waals surface area contributed by atoms with Crippen LogP contribution in [-0.4, -0.2) is 44.6 Å². The summed E-state index contributed by atoms with van der Waals surface area (Å²) in [7, 11) is 0. The first-order valence-electron chi connectivity index (χ1n) is 4.95. The van der Waals surface area contributed by atoms with E-state index < -0.39 is 24.5 Å². The number of azide groups is 1. The van der Waals surface area contributed by atoms with Crippen LogP contribution >= 0.6 is 0 Å². The number of rotatable bonds is 3. The summed E-state index contributed by atoms with van der Waals surface area (Å²) in [6, 6.07) is 0. The molecule has 92 valence electrons. The quantitative estimate of drug-likeness (QED) is 0.367. The van der Waals surface area contributed by atoms with Crippen LogP contribution in [0, 0.1) is 0 Å². The van der Waals surface area contributed by atoms with Crippen LogP contribution in [0.15, 0.2) is 17.6 Å². The predicted molar refractivity (Wildman–Crippen MR) is 56.6 cm³/mol. The smallest absolute Gasteiger partial charge is 0.165 e. The highest BCUT2D eigenvalue weighted by molar-refractivity contribution is 5.25. The number of ether oxygens (including phenoxy) is 1. The van der Waals surface area contributed by atoms with Gasteiger partial charge in [0.05, 0.1) is 25.2 Å². The van der Waals surface area contributed by atoms with Gasteiger partial charge in [0.1, 0.15) is 18.0 Å². The van der Waals surface area contributed by atoms with Crippen LogP contribution in [-0.2, 0) is 4.74 Å². The number of hydrogen-bond acceptors (Lipinski definition) is 6. The van der Waals surface area contributed by atoms with Gasteiger partial charge in [0.25, 0.3) is 0 Å². The number of nitrogens with zero attached hydrogens (tertiary/aromatic N) is 5. The predicted octanol–water partition coefficient (Wildman–Crippen LogP) is -0.605. The molecule has 1 fully saturated rings. The highest BCUT2D eigenvalue weighted by Gasteiger charge is 2.43. The van der Waals surface area contributed by atoms with Crippen molar-refractivity contribution in [3.63, 3.8) is 0 Å². The Labute approximate surface area is 96.1 Å². The number of aliphatic hydroxyl groups is 2. The summed E-state index contributed by atoms with van der Waals surface area (Å²) in [5.74, 6) is 0.311. The van der Waals surface area contributed by atoms with E-state index in [9.17, 15) is 10.2 Å². The molecular weight excluding hydrogens is 228 g/mol. The van der Waals surface area contributed by atoms with Crippen LogP contribution in [0.3, 0.4) is 0 Å². The maximum Gasteiger partial charge on any atom is 0.165 e. The molecule has 17 heavy (non-hydrogen) atoms. The zero-order valence-electron chi connectivity index (χ0n) is 8.79. The first-order chi connectivity index (χ1) is 8.15. The summed E-state index contributed by atoms with van der Waals surface area (Å²) in [5.41, 5.74) is 13.8. The van der Waals surface area contributed by atoms with E-state index in [4.69, 9.17) is 16.0 Å². The van der Waals surface area contributed by atoms with Gasteiger partial charge < -0.3 is 20.7 Å². The molecule has 0 bridgehead atoms. The van der Waals surface area contributed by atoms with E-state index in [0.717, 1.165) is 0 Å². The first-order valence-corrected chi connectivity index (χ1v) is 4.95. The van der Waals surface area contributed by atoms with Crippen LogP contribution in [0.1, 0.15) is 6.23 Å². The average molecular weight is 240 g/mol. The molecule has 1 aromatic rings. The van der Waals surface area contributed by atoms with Gasteiger partial charge in [0, 0.05) is 4.91 Å². The van der Waals surface area contributed by atoms with Crippen molar-refractivity contribution in [1.82, 2.24) is 9.55 Å². The molecule has 2 rings (SSSR count). The van der Waals surface area contributed by atoms with Crippen LogP contribution in [0.4, 0.5) is 5.82 Å². The molecule has 1 saturated heterocycles. The molecule has 4 atom stereocenters. The van der Waals surface area contributed by atoms with E-state index in [-0.39, 0.29) is 6.54 Å². The second kappa shape index (κ2) is 4.60. The molecule has 1 aliphatic heterocycles. The summed E-state index contributed by atoms with van der Waals surface area (Å²) in [4.78, 5) is 6.37. The van der Waals surface area contributed by atoms with E-state index in [1.165, 1.54) is 17.1 Å². The molecule has 0 amide bonds. The summed E-state index contributed by atoms with van der Waals surface area (Å²) in [6.45, 7) is -0.0557. The number of aromatic nitrogens is 2. The van der Waals surface area contributed by atoms with E-state index in [1.807, 2.05) is 0 Å². The van der Waals surface area contributed by atoms with Gasteiger partial charge in [-0.25, -0.2) is 4.98 Å². The highest BCUT2D eigenvalue weighted by atomic mass is 16.6. The van der Waals surface area contributed by atoms with E-state index >= 15 is 0 Å².